The number of nitrogens with zero attached hydrogens (tertiary/aromatic N) is 1. The van der Waals surface area contributed by atoms with E-state index >= 15 is 0 Å². The van der Waals surface area contributed by atoms with Gasteiger partial charge in [0.1, 0.15) is 5.75 Å². The molecule has 2 aromatic rings. The first-order valence-electron chi connectivity index (χ1n) is 7.29. The smallest absolute Gasteiger partial charge is 0.275 e. The number of amides is 1. The van der Waals surface area contributed by atoms with Crippen LogP contribution in [0.15, 0.2) is 35.4 Å². The van der Waals surface area contributed by atoms with E-state index in [-0.39, 0.29) is 27.1 Å². The van der Waals surface area contributed by atoms with Gasteiger partial charge in [-0.25, -0.2) is 5.43 Å². The predicted molar refractivity (Wildman–Crippen MR) is 97.4 cm³/mol. The van der Waals surface area contributed by atoms with E-state index in [1.165, 1.54) is 19.4 Å². The Morgan fingerprint density at radius 3 is 2.72 bits per heavy atom. The summed E-state index contributed by atoms with van der Waals surface area (Å²) in [4.78, 5) is 12.2. The van der Waals surface area contributed by atoms with Gasteiger partial charge in [0.15, 0.2) is 11.5 Å². The summed E-state index contributed by atoms with van der Waals surface area (Å²) in [7, 11) is 1.47. The van der Waals surface area contributed by atoms with Gasteiger partial charge in [0.2, 0.25) is 0 Å². The van der Waals surface area contributed by atoms with Crippen LogP contribution in [0, 0.1) is 0 Å². The standard InChI is InChI=1S/C17H16Cl2N2O4/c1-3-25-14-8-12(18)15(19)11(16(14)22)9-20-21-17(23)10-6-4-5-7-13(10)24-2/h4-9,22H,3H2,1-2H3,(H,21,23). The average Bonchev–Trinajstić information content (AvgIpc) is 2.62. The van der Waals surface area contributed by atoms with Crippen molar-refractivity contribution < 1.29 is 19.4 Å². The van der Waals surface area contributed by atoms with Gasteiger partial charge in [-0.15, -0.1) is 0 Å². The number of phenolic OH excluding ortho intramolecular Hbond substituents is 1. The van der Waals surface area contributed by atoms with Crippen LogP contribution in [-0.4, -0.2) is 30.9 Å². The molecule has 0 aliphatic heterocycles. The number of ether oxygens (including phenoxy) is 2. The Bertz CT molecular complexity index is 809. The number of nitrogens with one attached hydrogen (secondary N) is 1. The summed E-state index contributed by atoms with van der Waals surface area (Å²) in [5, 5.41) is 14.3. The van der Waals surface area contributed by atoms with E-state index < -0.39 is 5.91 Å². The Balaban J connectivity index is 2.23. The van der Waals surface area contributed by atoms with E-state index in [1.807, 2.05) is 0 Å². The largest absolute Gasteiger partial charge is 0.504 e. The van der Waals surface area contributed by atoms with Crippen molar-refractivity contribution in [3.63, 3.8) is 0 Å². The first kappa shape index (κ1) is 18.9. The van der Waals surface area contributed by atoms with Crippen molar-refractivity contribution in [2.45, 2.75) is 6.92 Å². The first-order valence-corrected chi connectivity index (χ1v) is 8.05. The van der Waals surface area contributed by atoms with Crippen LogP contribution in [0.5, 0.6) is 17.2 Å². The highest BCUT2D eigenvalue weighted by molar-refractivity contribution is 6.43. The fourth-order valence-electron chi connectivity index (χ4n) is 2.04. The van der Waals surface area contributed by atoms with Crippen molar-refractivity contribution in [2.75, 3.05) is 13.7 Å². The Morgan fingerprint density at radius 1 is 1.32 bits per heavy atom. The summed E-state index contributed by atoms with van der Waals surface area (Å²) in [6.45, 7) is 2.11. The number of rotatable bonds is 6. The maximum absolute atomic E-state index is 12.2. The van der Waals surface area contributed by atoms with E-state index in [0.717, 1.165) is 0 Å². The van der Waals surface area contributed by atoms with Gasteiger partial charge < -0.3 is 14.6 Å². The van der Waals surface area contributed by atoms with Gasteiger partial charge in [0.05, 0.1) is 41.1 Å². The number of carbonyl (C=O) groups is 1. The minimum absolute atomic E-state index is 0.0953. The molecule has 2 aromatic carbocycles. The Kier molecular flexibility index (Phi) is 6.50. The molecular formula is C17H16Cl2N2O4. The van der Waals surface area contributed by atoms with Crippen molar-refractivity contribution in [2.24, 2.45) is 5.10 Å². The van der Waals surface area contributed by atoms with E-state index in [2.05, 4.69) is 10.5 Å². The number of para-hydroxylation sites is 1. The van der Waals surface area contributed by atoms with Crippen LogP contribution >= 0.6 is 23.2 Å². The SMILES string of the molecule is CCOc1cc(Cl)c(Cl)c(C=NNC(=O)c2ccccc2OC)c1O. The lowest BCUT2D eigenvalue weighted by Gasteiger charge is -2.11. The van der Waals surface area contributed by atoms with Gasteiger partial charge in [-0.3, -0.25) is 4.79 Å². The van der Waals surface area contributed by atoms with E-state index in [9.17, 15) is 9.90 Å². The zero-order chi connectivity index (χ0) is 18.4. The number of aromatic hydroxyl groups is 1. The van der Waals surface area contributed by atoms with Gasteiger partial charge in [-0.2, -0.15) is 5.10 Å². The lowest BCUT2D eigenvalue weighted by atomic mass is 10.2. The minimum Gasteiger partial charge on any atom is -0.504 e. The van der Waals surface area contributed by atoms with Gasteiger partial charge >= 0.3 is 0 Å². The molecule has 132 valence electrons. The quantitative estimate of drug-likeness (QED) is 0.586. The molecule has 0 bridgehead atoms. The number of hydrazone groups is 1. The number of phenols is 1. The highest BCUT2D eigenvalue weighted by Crippen LogP contribution is 2.39. The van der Waals surface area contributed by atoms with Crippen molar-refractivity contribution in [1.29, 1.82) is 0 Å². The molecule has 0 aliphatic carbocycles. The van der Waals surface area contributed by atoms with Gasteiger partial charge in [-0.05, 0) is 19.1 Å². The summed E-state index contributed by atoms with van der Waals surface area (Å²) in [5.74, 6) is -0.102. The topological polar surface area (TPSA) is 80.2 Å². The third kappa shape index (κ3) is 4.35. The van der Waals surface area contributed by atoms with Crippen LogP contribution in [0.3, 0.4) is 0 Å². The number of benzene rings is 2. The molecule has 0 saturated carbocycles. The molecule has 0 saturated heterocycles. The fraction of sp³-hybridized carbons (Fsp3) is 0.176. The second-order valence-electron chi connectivity index (χ2n) is 4.77. The van der Waals surface area contributed by atoms with Crippen LogP contribution in [-0.2, 0) is 0 Å². The number of hydrogen-bond donors (Lipinski definition) is 2. The average molecular weight is 383 g/mol. The number of hydrogen-bond acceptors (Lipinski definition) is 5. The Hall–Kier alpha value is -2.44. The van der Waals surface area contributed by atoms with Crippen molar-refractivity contribution >= 4 is 35.3 Å². The van der Waals surface area contributed by atoms with Crippen LogP contribution in [0.4, 0.5) is 0 Å². The second-order valence-corrected chi connectivity index (χ2v) is 5.55. The maximum Gasteiger partial charge on any atom is 0.275 e. The summed E-state index contributed by atoms with van der Waals surface area (Å²) < 4.78 is 10.4. The Labute approximate surface area is 155 Å². The number of methoxy groups -OCH3 is 1. The monoisotopic (exact) mass is 382 g/mol. The zero-order valence-electron chi connectivity index (χ0n) is 13.5. The van der Waals surface area contributed by atoms with Crippen LogP contribution in [0.25, 0.3) is 0 Å². The third-order valence-corrected chi connectivity index (χ3v) is 4.01. The van der Waals surface area contributed by atoms with Crippen molar-refractivity contribution in [3.8, 4) is 17.2 Å². The molecule has 0 spiro atoms. The summed E-state index contributed by atoms with van der Waals surface area (Å²) in [5.41, 5.74) is 2.80. The second kappa shape index (κ2) is 8.60. The highest BCUT2D eigenvalue weighted by atomic mass is 35.5. The highest BCUT2D eigenvalue weighted by Gasteiger charge is 2.16. The van der Waals surface area contributed by atoms with Crippen LogP contribution in [0.1, 0.15) is 22.8 Å². The Morgan fingerprint density at radius 2 is 2.04 bits per heavy atom. The lowest BCUT2D eigenvalue weighted by molar-refractivity contribution is 0.0952. The van der Waals surface area contributed by atoms with Crippen molar-refractivity contribution in [3.05, 3.63) is 51.5 Å². The molecule has 0 radical (unpaired) electrons. The molecule has 2 rings (SSSR count). The predicted octanol–water partition coefficient (Wildman–Crippen LogP) is 3.87. The molecule has 0 fully saturated rings. The molecule has 0 aromatic heterocycles. The molecule has 2 N–H and O–H groups in total. The first-order chi connectivity index (χ1) is 12.0. The normalized spacial score (nSPS) is 10.7. The molecule has 8 heteroatoms. The summed E-state index contributed by atoms with van der Waals surface area (Å²) in [6.07, 6.45) is 1.19. The van der Waals surface area contributed by atoms with Crippen LogP contribution in [0.2, 0.25) is 10.0 Å². The molecule has 6 nitrogen and oxygen atoms in total. The van der Waals surface area contributed by atoms with Gasteiger partial charge in [0, 0.05) is 6.07 Å². The maximum atomic E-state index is 12.2. The van der Waals surface area contributed by atoms with Gasteiger partial charge in [-0.1, -0.05) is 35.3 Å². The molecule has 0 unspecified atom stereocenters. The molecule has 0 heterocycles. The fourth-order valence-corrected chi connectivity index (χ4v) is 2.44. The van der Waals surface area contributed by atoms with E-state index in [4.69, 9.17) is 32.7 Å². The van der Waals surface area contributed by atoms with E-state index in [0.29, 0.717) is 17.9 Å². The molecule has 1 amide bonds. The molecule has 0 aliphatic rings. The van der Waals surface area contributed by atoms with Gasteiger partial charge in [0.25, 0.3) is 5.91 Å². The number of carbonyl (C=O) groups excluding carboxylic acids is 1. The number of halogens is 2. The van der Waals surface area contributed by atoms with Crippen molar-refractivity contribution in [1.82, 2.24) is 5.43 Å². The summed E-state index contributed by atoms with van der Waals surface area (Å²) >= 11 is 12.1. The summed E-state index contributed by atoms with van der Waals surface area (Å²) in [6, 6.07) is 8.12. The van der Waals surface area contributed by atoms with Crippen LogP contribution < -0.4 is 14.9 Å². The minimum atomic E-state index is -0.476. The van der Waals surface area contributed by atoms with E-state index in [1.54, 1.807) is 31.2 Å². The molecular weight excluding hydrogens is 367 g/mol. The third-order valence-electron chi connectivity index (χ3n) is 3.20. The molecule has 25 heavy (non-hydrogen) atoms. The lowest BCUT2D eigenvalue weighted by Crippen LogP contribution is -2.18. The zero-order valence-corrected chi connectivity index (χ0v) is 15.1. The molecule has 0 atom stereocenters.